The van der Waals surface area contributed by atoms with Gasteiger partial charge in [0.05, 0.1) is 37.3 Å². The molecule has 0 aliphatic carbocycles. The Labute approximate surface area is 345 Å². The molecule has 308 valence electrons. The summed E-state index contributed by atoms with van der Waals surface area (Å²) < 4.78 is 3.63. The zero-order valence-electron chi connectivity index (χ0n) is 33.2. The Morgan fingerprint density at radius 2 is 1.14 bits per heavy atom. The van der Waals surface area contributed by atoms with Crippen LogP contribution in [0.5, 0.6) is 0 Å². The maximum atomic E-state index is 13.0. The number of allylic oxidation sites excluding steroid dienone is 2. The van der Waals surface area contributed by atoms with Crippen molar-refractivity contribution in [3.8, 4) is 0 Å². The summed E-state index contributed by atoms with van der Waals surface area (Å²) in [5, 5.41) is 32.0. The van der Waals surface area contributed by atoms with Gasteiger partial charge in [0.2, 0.25) is 11.8 Å². The Morgan fingerprint density at radius 3 is 1.47 bits per heavy atom. The smallest absolute Gasteiger partial charge is 0.258 e. The summed E-state index contributed by atoms with van der Waals surface area (Å²) in [6.07, 6.45) is 10.9. The summed E-state index contributed by atoms with van der Waals surface area (Å²) in [5.74, 6) is -0.622. The minimum atomic E-state index is -0.446. The summed E-state index contributed by atoms with van der Waals surface area (Å²) in [7, 11) is 0. The highest BCUT2D eigenvalue weighted by Crippen LogP contribution is 2.51. The van der Waals surface area contributed by atoms with Gasteiger partial charge in [-0.15, -0.1) is 22.7 Å². The molecule has 0 aromatic carbocycles. The molecule has 8 rings (SSSR count). The van der Waals surface area contributed by atoms with E-state index in [1.807, 2.05) is 96.2 Å². The molecule has 2 fully saturated rings. The maximum absolute atomic E-state index is 13.0. The fourth-order valence-electron chi connectivity index (χ4n) is 9.75. The van der Waals surface area contributed by atoms with Crippen LogP contribution in [0.1, 0.15) is 72.3 Å². The first-order valence-electron chi connectivity index (χ1n) is 20.0. The number of hydrogen-bond donors (Lipinski definition) is 4. The molecule has 4 aliphatic rings. The number of likely N-dealkylation sites (N-methyl/N-ethyl adjacent to an activating group) is 2. The predicted octanol–water partition coefficient (Wildman–Crippen LogP) is 3.28. The molecule has 4 N–H and O–H groups in total. The Balaban J connectivity index is 0.000000177. The highest BCUT2D eigenvalue weighted by Gasteiger charge is 2.57. The van der Waals surface area contributed by atoms with E-state index >= 15 is 0 Å². The standard InChI is InChI=1S/2C21H26N4O3S/c2*1-3-5-13-6-7-16-18-14(10-24(16)21(13)28)15(12-26)19(20(27)22-4-2)25(18)11-17-23-8-9-29-17/h2*3,5-9,14-15,18-19,26H,4,10-12H2,1-2H3,(H,22,27)/b5-3+;5-3-/t2*14-,15-,18+,19-/m11/s1. The monoisotopic (exact) mass is 828 g/mol. The predicted molar refractivity (Wildman–Crippen MR) is 225 cm³/mol. The average molecular weight is 829 g/mol. The van der Waals surface area contributed by atoms with E-state index in [4.69, 9.17) is 0 Å². The molecule has 4 aliphatic heterocycles. The number of nitrogens with zero attached hydrogens (tertiary/aromatic N) is 6. The molecule has 8 atom stereocenters. The summed E-state index contributed by atoms with van der Waals surface area (Å²) in [4.78, 5) is 64.9. The number of rotatable bonds is 12. The van der Waals surface area contributed by atoms with Crippen molar-refractivity contribution in [2.75, 3.05) is 26.3 Å². The number of likely N-dealkylation sites (tertiary alicyclic amines) is 2. The third-order valence-electron chi connectivity index (χ3n) is 12.0. The lowest BCUT2D eigenvalue weighted by Gasteiger charge is -2.30. The number of carbonyl (C=O) groups excluding carboxylic acids is 2. The van der Waals surface area contributed by atoms with Crippen LogP contribution in [0.3, 0.4) is 0 Å². The second-order valence-electron chi connectivity index (χ2n) is 15.0. The van der Waals surface area contributed by atoms with E-state index in [1.165, 1.54) is 0 Å². The average Bonchev–Trinajstić information content (AvgIpc) is 4.07. The second-order valence-corrected chi connectivity index (χ2v) is 17.0. The van der Waals surface area contributed by atoms with Crippen LogP contribution in [-0.2, 0) is 35.8 Å². The topological polar surface area (TPSA) is 175 Å². The first kappa shape index (κ1) is 41.6. The lowest BCUT2D eigenvalue weighted by Crippen LogP contribution is -2.48. The van der Waals surface area contributed by atoms with Crippen LogP contribution < -0.4 is 21.8 Å². The fourth-order valence-corrected chi connectivity index (χ4v) is 11.0. The third kappa shape index (κ3) is 7.57. The van der Waals surface area contributed by atoms with Crippen molar-refractivity contribution < 1.29 is 19.8 Å². The zero-order chi connectivity index (χ0) is 41.1. The number of fused-ring (bicyclic) bond motifs is 6. The van der Waals surface area contributed by atoms with E-state index in [1.54, 1.807) is 35.1 Å². The van der Waals surface area contributed by atoms with Crippen molar-refractivity contribution in [3.05, 3.63) is 113 Å². The van der Waals surface area contributed by atoms with E-state index in [0.29, 0.717) is 50.4 Å². The first-order valence-corrected chi connectivity index (χ1v) is 21.7. The Kier molecular flexibility index (Phi) is 13.0. The largest absolute Gasteiger partial charge is 0.396 e. The van der Waals surface area contributed by atoms with Crippen LogP contribution in [-0.4, -0.2) is 89.3 Å². The number of carbonyl (C=O) groups is 2. The van der Waals surface area contributed by atoms with Crippen LogP contribution in [0, 0.1) is 23.7 Å². The molecule has 0 saturated carbocycles. The van der Waals surface area contributed by atoms with Crippen molar-refractivity contribution in [2.45, 2.75) is 78.0 Å². The van der Waals surface area contributed by atoms with Gasteiger partial charge >= 0.3 is 0 Å². The highest BCUT2D eigenvalue weighted by molar-refractivity contribution is 7.09. The highest BCUT2D eigenvalue weighted by atomic mass is 32.1. The molecule has 14 nitrogen and oxygen atoms in total. The van der Waals surface area contributed by atoms with Crippen LogP contribution in [0.4, 0.5) is 0 Å². The zero-order valence-corrected chi connectivity index (χ0v) is 34.9. The van der Waals surface area contributed by atoms with E-state index in [2.05, 4.69) is 30.4 Å². The summed E-state index contributed by atoms with van der Waals surface area (Å²) >= 11 is 3.10. The quantitative estimate of drug-likeness (QED) is 0.166. The van der Waals surface area contributed by atoms with Gasteiger partial charge in [0.1, 0.15) is 10.0 Å². The van der Waals surface area contributed by atoms with Gasteiger partial charge in [0, 0.05) is 109 Å². The van der Waals surface area contributed by atoms with E-state index in [0.717, 1.165) is 21.4 Å². The van der Waals surface area contributed by atoms with Gasteiger partial charge in [-0.2, -0.15) is 0 Å². The molecule has 16 heteroatoms. The minimum absolute atomic E-state index is 0.00104. The Hall–Kier alpha value is -4.58. The number of aliphatic hydroxyl groups is 2. The minimum Gasteiger partial charge on any atom is -0.396 e. The normalized spacial score (nSPS) is 26.0. The second kappa shape index (κ2) is 18.1. The number of aromatic nitrogens is 4. The number of amides is 2. The molecule has 2 saturated heterocycles. The molecular formula is C42H52N8O6S2. The van der Waals surface area contributed by atoms with Gasteiger partial charge in [-0.1, -0.05) is 24.3 Å². The summed E-state index contributed by atoms with van der Waals surface area (Å²) in [6, 6.07) is 6.59. The summed E-state index contributed by atoms with van der Waals surface area (Å²) in [5.41, 5.74) is 3.10. The number of pyridine rings is 2. The number of thiazole rings is 2. The SMILES string of the molecule is C/C=C/c1ccc2n(c1=O)C[C@@H]1[C@@H](CO)[C@H](C(=O)NCC)N(Cc3nccs3)[C@H]21.C/C=C\c1ccc2n(c1=O)C[C@@H]1[C@@H](CO)[C@H](C(=O)NCC)N(Cc3nccs3)[C@H]21. The van der Waals surface area contributed by atoms with Crippen molar-refractivity contribution in [1.29, 1.82) is 0 Å². The van der Waals surface area contributed by atoms with Crippen LogP contribution in [0.25, 0.3) is 12.2 Å². The molecule has 4 aromatic heterocycles. The number of aliphatic hydroxyl groups excluding tert-OH is 2. The van der Waals surface area contributed by atoms with Gasteiger partial charge in [0.25, 0.3) is 11.1 Å². The van der Waals surface area contributed by atoms with Gasteiger partial charge in [0.15, 0.2) is 0 Å². The van der Waals surface area contributed by atoms with Gasteiger partial charge in [-0.25, -0.2) is 9.97 Å². The molecule has 0 spiro atoms. The van der Waals surface area contributed by atoms with Crippen molar-refractivity contribution in [3.63, 3.8) is 0 Å². The van der Waals surface area contributed by atoms with E-state index in [-0.39, 0.29) is 71.9 Å². The number of hydrogen-bond acceptors (Lipinski definition) is 12. The molecule has 58 heavy (non-hydrogen) atoms. The van der Waals surface area contributed by atoms with Crippen molar-refractivity contribution in [1.82, 2.24) is 39.5 Å². The molecule has 0 unspecified atom stereocenters. The third-order valence-corrected chi connectivity index (χ3v) is 13.5. The van der Waals surface area contributed by atoms with Gasteiger partial charge < -0.3 is 30.0 Å². The molecule has 8 heterocycles. The number of nitrogens with one attached hydrogen (secondary N) is 2. The lowest BCUT2D eigenvalue weighted by atomic mass is 9.88. The maximum Gasteiger partial charge on any atom is 0.258 e. The molecule has 2 amide bonds. The van der Waals surface area contributed by atoms with Crippen LogP contribution >= 0.6 is 22.7 Å². The lowest BCUT2D eigenvalue weighted by molar-refractivity contribution is -0.128. The molecule has 0 radical (unpaired) electrons. The summed E-state index contributed by atoms with van der Waals surface area (Å²) in [6.45, 7) is 10.5. The molecule has 4 aromatic rings. The van der Waals surface area contributed by atoms with Gasteiger partial charge in [-0.3, -0.25) is 29.0 Å². The first-order chi connectivity index (χ1) is 28.2. The van der Waals surface area contributed by atoms with Crippen LogP contribution in [0.2, 0.25) is 0 Å². The van der Waals surface area contributed by atoms with Crippen molar-refractivity contribution >= 4 is 46.6 Å². The van der Waals surface area contributed by atoms with Gasteiger partial charge in [-0.05, 0) is 52.0 Å². The molecule has 0 bridgehead atoms. The Bertz CT molecular complexity index is 2100. The van der Waals surface area contributed by atoms with E-state index in [9.17, 15) is 29.4 Å². The van der Waals surface area contributed by atoms with Crippen molar-refractivity contribution in [2.24, 2.45) is 23.7 Å². The Morgan fingerprint density at radius 1 is 0.724 bits per heavy atom. The fraction of sp³-hybridized carbons (Fsp3) is 0.476. The van der Waals surface area contributed by atoms with Crippen LogP contribution in [0.15, 0.2) is 69.2 Å². The van der Waals surface area contributed by atoms with E-state index < -0.39 is 12.1 Å². The molecular weight excluding hydrogens is 777 g/mol.